The van der Waals surface area contributed by atoms with Crippen LogP contribution in [0.25, 0.3) is 22.0 Å². The Bertz CT molecular complexity index is 1170. The first kappa shape index (κ1) is 21.6. The number of carbonyl (C=O) groups excluding carboxylic acids is 1. The summed E-state index contributed by atoms with van der Waals surface area (Å²) in [5.41, 5.74) is 13.6. The lowest BCUT2D eigenvalue weighted by atomic mass is 9.93. The predicted octanol–water partition coefficient (Wildman–Crippen LogP) is 2.48. The van der Waals surface area contributed by atoms with E-state index < -0.39 is 6.10 Å². The number of amidine groups is 1. The van der Waals surface area contributed by atoms with Crippen molar-refractivity contribution in [2.75, 3.05) is 13.1 Å². The molecule has 1 amide bonds. The molecule has 8 heteroatoms. The molecular weight excluding hydrogens is 404 g/mol. The number of fused-ring (bicyclic) bond motifs is 1. The Morgan fingerprint density at radius 1 is 1.22 bits per heavy atom. The van der Waals surface area contributed by atoms with Crippen molar-refractivity contribution in [3.8, 4) is 16.9 Å². The molecule has 8 nitrogen and oxygen atoms in total. The molecular formula is C24H28N6O2. The molecule has 32 heavy (non-hydrogen) atoms. The van der Waals surface area contributed by atoms with Crippen LogP contribution in [0.4, 0.5) is 0 Å². The van der Waals surface area contributed by atoms with Gasteiger partial charge in [0.2, 0.25) is 0 Å². The fourth-order valence-corrected chi connectivity index (χ4v) is 4.18. The zero-order valence-corrected chi connectivity index (χ0v) is 18.5. The van der Waals surface area contributed by atoms with Gasteiger partial charge in [-0.05, 0) is 61.2 Å². The molecule has 2 aromatic carbocycles. The van der Waals surface area contributed by atoms with Crippen LogP contribution in [0.15, 0.2) is 53.8 Å². The lowest BCUT2D eigenvalue weighted by molar-refractivity contribution is -0.142. The van der Waals surface area contributed by atoms with Crippen molar-refractivity contribution in [3.05, 3.63) is 59.8 Å². The van der Waals surface area contributed by atoms with Crippen LogP contribution >= 0.6 is 0 Å². The van der Waals surface area contributed by atoms with E-state index >= 15 is 0 Å². The Morgan fingerprint density at radius 2 is 1.94 bits per heavy atom. The van der Waals surface area contributed by atoms with Gasteiger partial charge in [0, 0.05) is 30.7 Å². The van der Waals surface area contributed by atoms with E-state index in [9.17, 15) is 4.79 Å². The van der Waals surface area contributed by atoms with Gasteiger partial charge in [0.1, 0.15) is 11.6 Å². The molecule has 1 aliphatic rings. The van der Waals surface area contributed by atoms with Crippen molar-refractivity contribution in [1.29, 1.82) is 0 Å². The van der Waals surface area contributed by atoms with Crippen molar-refractivity contribution in [2.45, 2.75) is 26.9 Å². The molecule has 1 saturated heterocycles. The van der Waals surface area contributed by atoms with Crippen LogP contribution in [0.1, 0.15) is 18.1 Å². The van der Waals surface area contributed by atoms with Crippen molar-refractivity contribution in [1.82, 2.24) is 15.4 Å². The number of hydrazone groups is 1. The third-order valence-electron chi connectivity index (χ3n) is 5.93. The number of aryl methyl sites for hydroxylation is 2. The van der Waals surface area contributed by atoms with Crippen molar-refractivity contribution in [2.24, 2.45) is 22.6 Å². The highest BCUT2D eigenvalue weighted by Gasteiger charge is 2.36. The fraction of sp³-hybridized carbons (Fsp3) is 0.292. The number of rotatable bonds is 6. The van der Waals surface area contributed by atoms with Crippen molar-refractivity contribution in [3.63, 3.8) is 0 Å². The number of hydrogen-bond donors (Lipinski definition) is 3. The summed E-state index contributed by atoms with van der Waals surface area (Å²) in [4.78, 5) is 18.9. The summed E-state index contributed by atoms with van der Waals surface area (Å²) in [6.07, 6.45) is 1.19. The molecule has 1 fully saturated rings. The third kappa shape index (κ3) is 4.09. The smallest absolute Gasteiger partial charge is 0.263 e. The minimum atomic E-state index is -0.624. The number of nitrogens with two attached hydrogens (primary N) is 2. The lowest BCUT2D eigenvalue weighted by Gasteiger charge is -2.39. The van der Waals surface area contributed by atoms with Gasteiger partial charge in [-0.1, -0.05) is 18.2 Å². The molecule has 0 spiro atoms. The molecule has 1 atom stereocenters. The Balaban J connectivity index is 1.50. The number of hydrazine groups is 1. The number of benzene rings is 2. The van der Waals surface area contributed by atoms with Gasteiger partial charge in [0.15, 0.2) is 6.10 Å². The number of amides is 1. The van der Waals surface area contributed by atoms with Crippen LogP contribution < -0.4 is 21.8 Å². The predicted molar refractivity (Wildman–Crippen MR) is 126 cm³/mol. The van der Waals surface area contributed by atoms with Crippen molar-refractivity contribution >= 4 is 22.6 Å². The van der Waals surface area contributed by atoms with Crippen LogP contribution in [-0.2, 0) is 4.79 Å². The largest absolute Gasteiger partial charge is 0.481 e. The lowest BCUT2D eigenvalue weighted by Crippen LogP contribution is -2.57. The number of ether oxygens (including phenoxy) is 1. The van der Waals surface area contributed by atoms with E-state index in [1.165, 1.54) is 16.7 Å². The van der Waals surface area contributed by atoms with Gasteiger partial charge in [-0.15, -0.1) is 0 Å². The van der Waals surface area contributed by atoms with E-state index in [2.05, 4.69) is 47.7 Å². The Labute approximate surface area is 187 Å². The van der Waals surface area contributed by atoms with Gasteiger partial charge in [0.05, 0.1) is 11.4 Å². The molecule has 0 unspecified atom stereocenters. The topological polar surface area (TPSA) is 119 Å². The molecule has 166 valence electrons. The summed E-state index contributed by atoms with van der Waals surface area (Å²) < 4.78 is 5.95. The molecule has 1 aliphatic heterocycles. The summed E-state index contributed by atoms with van der Waals surface area (Å²) in [5.74, 6) is 6.07. The summed E-state index contributed by atoms with van der Waals surface area (Å²) in [7, 11) is 0. The number of likely N-dealkylation sites (tertiary alicyclic amines) is 1. The fourth-order valence-electron chi connectivity index (χ4n) is 4.18. The van der Waals surface area contributed by atoms with Crippen LogP contribution in [-0.4, -0.2) is 40.8 Å². The summed E-state index contributed by atoms with van der Waals surface area (Å²) in [5, 5.41) is 4.81. The Hall–Kier alpha value is -3.65. The molecule has 4 rings (SSSR count). The molecule has 5 N–H and O–H groups in total. The number of carbonyl (C=O) groups is 1. The first-order valence-electron chi connectivity index (χ1n) is 10.6. The van der Waals surface area contributed by atoms with E-state index in [0.29, 0.717) is 24.7 Å². The average Bonchev–Trinajstić information content (AvgIpc) is 2.72. The highest BCUT2D eigenvalue weighted by molar-refractivity contribution is 5.96. The van der Waals surface area contributed by atoms with Gasteiger partial charge in [-0.25, -0.2) is 11.4 Å². The molecule has 0 radical (unpaired) electrons. The molecule has 1 aromatic heterocycles. The maximum atomic E-state index is 12.7. The minimum Gasteiger partial charge on any atom is -0.481 e. The van der Waals surface area contributed by atoms with Crippen molar-refractivity contribution < 1.29 is 9.53 Å². The Morgan fingerprint density at radius 3 is 2.62 bits per heavy atom. The molecule has 3 aromatic rings. The van der Waals surface area contributed by atoms with Crippen LogP contribution in [0.2, 0.25) is 0 Å². The SMILES string of the molecule is Cc1cccc(C)c1-c1ccnc2cc(O[C@H](C)C(=O)N3CC(/C(N)=N/NN)C3)ccc12. The van der Waals surface area contributed by atoms with E-state index in [-0.39, 0.29) is 11.8 Å². The summed E-state index contributed by atoms with van der Waals surface area (Å²) >= 11 is 0. The molecule has 2 heterocycles. The maximum Gasteiger partial charge on any atom is 0.263 e. The molecule has 0 saturated carbocycles. The number of aromatic nitrogens is 1. The first-order valence-corrected chi connectivity index (χ1v) is 10.6. The minimum absolute atomic E-state index is 0.00962. The number of pyridine rings is 1. The Kier molecular flexibility index (Phi) is 5.96. The summed E-state index contributed by atoms with van der Waals surface area (Å²) in [6.45, 7) is 6.99. The van der Waals surface area contributed by atoms with Crippen LogP contribution in [0, 0.1) is 19.8 Å². The normalized spacial score (nSPS) is 15.4. The maximum absolute atomic E-state index is 12.7. The van der Waals surface area contributed by atoms with Crippen LogP contribution in [0.5, 0.6) is 5.75 Å². The highest BCUT2D eigenvalue weighted by Crippen LogP contribution is 2.34. The van der Waals surface area contributed by atoms with Gasteiger partial charge in [-0.3, -0.25) is 9.78 Å². The van der Waals surface area contributed by atoms with Gasteiger partial charge in [-0.2, -0.15) is 5.10 Å². The molecule has 0 aliphatic carbocycles. The van der Waals surface area contributed by atoms with E-state index in [4.69, 9.17) is 16.3 Å². The average molecular weight is 433 g/mol. The monoisotopic (exact) mass is 432 g/mol. The van der Waals surface area contributed by atoms with Gasteiger partial charge in [0.25, 0.3) is 5.91 Å². The third-order valence-corrected chi connectivity index (χ3v) is 5.93. The second kappa shape index (κ2) is 8.84. The zero-order valence-electron chi connectivity index (χ0n) is 18.5. The van der Waals surface area contributed by atoms with Gasteiger partial charge < -0.3 is 15.4 Å². The van der Waals surface area contributed by atoms with E-state index in [1.807, 2.05) is 30.5 Å². The second-order valence-electron chi connectivity index (χ2n) is 8.17. The van der Waals surface area contributed by atoms with E-state index in [1.54, 1.807) is 11.8 Å². The van der Waals surface area contributed by atoms with Crippen LogP contribution in [0.3, 0.4) is 0 Å². The highest BCUT2D eigenvalue weighted by atomic mass is 16.5. The summed E-state index contributed by atoms with van der Waals surface area (Å²) in [6, 6.07) is 14.1. The number of nitrogens with one attached hydrogen (secondary N) is 1. The second-order valence-corrected chi connectivity index (χ2v) is 8.17. The number of hydrogen-bond acceptors (Lipinski definition) is 6. The van der Waals surface area contributed by atoms with Gasteiger partial charge >= 0.3 is 0 Å². The molecule has 0 bridgehead atoms. The first-order chi connectivity index (χ1) is 15.4. The standard InChI is InChI=1S/C24H28N6O2/c1-14-5-4-6-15(2)22(14)20-9-10-27-21-11-18(7-8-19(20)21)32-16(3)24(31)30-12-17(13-30)23(25)28-29-26/h4-11,16-17,29H,12-13,26H2,1-3H3,(H2,25,28)/t16-/m1/s1. The zero-order chi connectivity index (χ0) is 22.8. The number of nitrogens with zero attached hydrogens (tertiary/aromatic N) is 3. The van der Waals surface area contributed by atoms with E-state index in [0.717, 1.165) is 16.5 Å². The quantitative estimate of drug-likeness (QED) is 0.238.